The quantitative estimate of drug-likeness (QED) is 0.209. The number of amides is 3. The summed E-state index contributed by atoms with van der Waals surface area (Å²) in [4.78, 5) is 44.6. The van der Waals surface area contributed by atoms with E-state index in [1.54, 1.807) is 59.7 Å². The van der Waals surface area contributed by atoms with Gasteiger partial charge in [-0.2, -0.15) is 0 Å². The molecule has 2 N–H and O–H groups in total. The number of rotatable bonds is 13. The van der Waals surface area contributed by atoms with Crippen LogP contribution in [-0.4, -0.2) is 66.8 Å². The van der Waals surface area contributed by atoms with Gasteiger partial charge in [0.15, 0.2) is 0 Å². The number of carbonyl (C=O) groups is 3. The third-order valence-electron chi connectivity index (χ3n) is 6.27. The lowest BCUT2D eigenvalue weighted by Gasteiger charge is -2.41. The molecule has 0 radical (unpaired) electrons. The van der Waals surface area contributed by atoms with Crippen LogP contribution in [0.2, 0.25) is 0 Å². The van der Waals surface area contributed by atoms with Gasteiger partial charge in [0.05, 0.1) is 20.8 Å². The molecule has 12 nitrogen and oxygen atoms in total. The molecule has 1 aromatic carbocycles. The SMILES string of the molecule is CC[C@H](C)[C@H](NC(=O)OC(C)(C)C)C(=O)N(Cc1ccc(OC)cc1OC)C(C)(C)C(=O)N[C@@H](C)CN=[N+]=[N-]. The summed E-state index contributed by atoms with van der Waals surface area (Å²) in [5.74, 6) is -0.144. The predicted molar refractivity (Wildman–Crippen MR) is 148 cm³/mol. The number of nitrogens with zero attached hydrogens (tertiary/aromatic N) is 4. The lowest BCUT2D eigenvalue weighted by atomic mass is 9.93. The number of carbonyl (C=O) groups excluding carboxylic acids is 3. The minimum absolute atomic E-state index is 0.0000823. The number of methoxy groups -OCH3 is 2. The van der Waals surface area contributed by atoms with E-state index < -0.39 is 41.1 Å². The summed E-state index contributed by atoms with van der Waals surface area (Å²) in [6, 6.07) is 3.75. The van der Waals surface area contributed by atoms with Crippen molar-refractivity contribution >= 4 is 17.9 Å². The molecular formula is C27H44N6O6. The molecule has 218 valence electrons. The Morgan fingerprint density at radius 1 is 1.08 bits per heavy atom. The number of ether oxygens (including phenoxy) is 3. The Balaban J connectivity index is 3.56. The molecule has 0 aliphatic rings. The van der Waals surface area contributed by atoms with Gasteiger partial charge >= 0.3 is 6.09 Å². The largest absolute Gasteiger partial charge is 0.497 e. The Morgan fingerprint density at radius 2 is 1.72 bits per heavy atom. The summed E-state index contributed by atoms with van der Waals surface area (Å²) in [5, 5.41) is 9.06. The van der Waals surface area contributed by atoms with Crippen molar-refractivity contribution in [3.63, 3.8) is 0 Å². The molecule has 3 amide bonds. The zero-order chi connectivity index (χ0) is 30.0. The lowest BCUT2D eigenvalue weighted by Crippen LogP contribution is -2.62. The molecule has 0 aromatic heterocycles. The third kappa shape index (κ3) is 9.86. The van der Waals surface area contributed by atoms with Crippen LogP contribution in [0.15, 0.2) is 23.3 Å². The molecular weight excluding hydrogens is 504 g/mol. The van der Waals surface area contributed by atoms with E-state index in [1.807, 2.05) is 13.8 Å². The molecule has 0 spiro atoms. The maximum Gasteiger partial charge on any atom is 0.408 e. The van der Waals surface area contributed by atoms with Gasteiger partial charge in [-0.1, -0.05) is 25.4 Å². The van der Waals surface area contributed by atoms with Crippen LogP contribution in [0.25, 0.3) is 10.4 Å². The molecule has 1 aromatic rings. The van der Waals surface area contributed by atoms with Crippen LogP contribution in [0.5, 0.6) is 11.5 Å². The number of alkyl carbamates (subject to hydrolysis) is 1. The van der Waals surface area contributed by atoms with Crippen molar-refractivity contribution in [3.8, 4) is 11.5 Å². The molecule has 1 rings (SSSR count). The van der Waals surface area contributed by atoms with E-state index in [9.17, 15) is 14.4 Å². The lowest BCUT2D eigenvalue weighted by molar-refractivity contribution is -0.149. The van der Waals surface area contributed by atoms with Crippen molar-refractivity contribution in [2.24, 2.45) is 11.0 Å². The van der Waals surface area contributed by atoms with Gasteiger partial charge in [-0.05, 0) is 65.1 Å². The normalized spacial score (nSPS) is 13.7. The first kappa shape index (κ1) is 33.4. The zero-order valence-corrected chi connectivity index (χ0v) is 24.8. The molecule has 0 saturated carbocycles. The van der Waals surface area contributed by atoms with E-state index in [2.05, 4.69) is 20.7 Å². The Bertz CT molecular complexity index is 1050. The Labute approximate surface area is 231 Å². The number of hydrogen-bond donors (Lipinski definition) is 2. The van der Waals surface area contributed by atoms with Gasteiger partial charge in [0.2, 0.25) is 11.8 Å². The van der Waals surface area contributed by atoms with Gasteiger partial charge in [0.1, 0.15) is 28.7 Å². The minimum Gasteiger partial charge on any atom is -0.497 e. The van der Waals surface area contributed by atoms with Crippen LogP contribution in [-0.2, 0) is 20.9 Å². The van der Waals surface area contributed by atoms with E-state index in [-0.39, 0.29) is 19.0 Å². The summed E-state index contributed by atoms with van der Waals surface area (Å²) in [6.45, 7) is 14.0. The van der Waals surface area contributed by atoms with Crippen molar-refractivity contribution in [1.82, 2.24) is 15.5 Å². The fourth-order valence-corrected chi connectivity index (χ4v) is 3.72. The van der Waals surface area contributed by atoms with Crippen molar-refractivity contribution in [3.05, 3.63) is 34.2 Å². The van der Waals surface area contributed by atoms with Crippen molar-refractivity contribution in [2.45, 2.75) is 91.6 Å². The number of azide groups is 1. The highest BCUT2D eigenvalue weighted by molar-refractivity contribution is 5.94. The van der Waals surface area contributed by atoms with Gasteiger partial charge < -0.3 is 29.7 Å². The summed E-state index contributed by atoms with van der Waals surface area (Å²) in [6.07, 6.45) is -0.143. The van der Waals surface area contributed by atoms with Crippen LogP contribution < -0.4 is 20.1 Å². The van der Waals surface area contributed by atoms with Crippen LogP contribution in [0.3, 0.4) is 0 Å². The standard InChI is InChI=1S/C27H44N6O6/c1-11-17(2)22(31-25(36)39-26(4,5)6)23(34)33(16-19-12-13-20(37-9)14-21(19)38-10)27(7,8)24(35)30-18(3)15-29-32-28/h12-14,17-18,22H,11,15-16H2,1-10H3,(H,30,35)(H,31,36)/t17-,18-,22-/m0/s1. The van der Waals surface area contributed by atoms with Crippen LogP contribution in [0.4, 0.5) is 4.79 Å². The van der Waals surface area contributed by atoms with Crippen molar-refractivity contribution < 1.29 is 28.6 Å². The Morgan fingerprint density at radius 3 is 2.23 bits per heavy atom. The van der Waals surface area contributed by atoms with Gasteiger partial charge in [-0.25, -0.2) is 4.79 Å². The van der Waals surface area contributed by atoms with Gasteiger partial charge in [0.25, 0.3) is 0 Å². The molecule has 12 heteroatoms. The molecule has 0 aliphatic carbocycles. The van der Waals surface area contributed by atoms with Gasteiger partial charge in [-0.3, -0.25) is 9.59 Å². The summed E-state index contributed by atoms with van der Waals surface area (Å²) < 4.78 is 16.3. The first-order chi connectivity index (χ1) is 18.1. The van der Waals surface area contributed by atoms with E-state index >= 15 is 0 Å². The average molecular weight is 549 g/mol. The van der Waals surface area contributed by atoms with Gasteiger partial charge in [0, 0.05) is 29.1 Å². The second kappa shape index (κ2) is 14.5. The number of benzene rings is 1. The molecule has 3 atom stereocenters. The highest BCUT2D eigenvalue weighted by atomic mass is 16.6. The summed E-state index contributed by atoms with van der Waals surface area (Å²) in [7, 11) is 3.04. The van der Waals surface area contributed by atoms with E-state index in [4.69, 9.17) is 19.7 Å². The smallest absolute Gasteiger partial charge is 0.408 e. The Kier molecular flexibility index (Phi) is 12.4. The predicted octanol–water partition coefficient (Wildman–Crippen LogP) is 4.57. The zero-order valence-electron chi connectivity index (χ0n) is 24.8. The highest BCUT2D eigenvalue weighted by Gasteiger charge is 2.43. The maximum absolute atomic E-state index is 14.2. The minimum atomic E-state index is -1.38. The van der Waals surface area contributed by atoms with Crippen LogP contribution in [0.1, 0.15) is 67.4 Å². The highest BCUT2D eigenvalue weighted by Crippen LogP contribution is 2.30. The molecule has 0 heterocycles. The van der Waals surface area contributed by atoms with Crippen molar-refractivity contribution in [2.75, 3.05) is 20.8 Å². The fourth-order valence-electron chi connectivity index (χ4n) is 3.72. The fraction of sp³-hybridized carbons (Fsp3) is 0.667. The topological polar surface area (TPSA) is 155 Å². The Hall–Kier alpha value is -3.66. The molecule has 0 unspecified atom stereocenters. The maximum atomic E-state index is 14.2. The average Bonchev–Trinajstić information content (AvgIpc) is 2.86. The molecule has 0 fully saturated rings. The van der Waals surface area contributed by atoms with Gasteiger partial charge in [-0.15, -0.1) is 0 Å². The van der Waals surface area contributed by atoms with E-state index in [0.29, 0.717) is 23.5 Å². The first-order valence-corrected chi connectivity index (χ1v) is 12.9. The van der Waals surface area contributed by atoms with Crippen LogP contribution >= 0.6 is 0 Å². The van der Waals surface area contributed by atoms with Crippen LogP contribution in [0, 0.1) is 5.92 Å². The van der Waals surface area contributed by atoms with E-state index in [0.717, 1.165) is 0 Å². The molecule has 0 bridgehead atoms. The number of nitrogens with one attached hydrogen (secondary N) is 2. The monoisotopic (exact) mass is 548 g/mol. The third-order valence-corrected chi connectivity index (χ3v) is 6.27. The van der Waals surface area contributed by atoms with Crippen molar-refractivity contribution in [1.29, 1.82) is 0 Å². The summed E-state index contributed by atoms with van der Waals surface area (Å²) >= 11 is 0. The summed E-state index contributed by atoms with van der Waals surface area (Å²) in [5.41, 5.74) is 7.12. The molecule has 0 saturated heterocycles. The molecule has 0 aliphatic heterocycles. The molecule has 39 heavy (non-hydrogen) atoms. The second-order valence-corrected chi connectivity index (χ2v) is 11.0. The van der Waals surface area contributed by atoms with E-state index in [1.165, 1.54) is 19.1 Å². The second-order valence-electron chi connectivity index (χ2n) is 11.0. The number of hydrogen-bond acceptors (Lipinski definition) is 7. The first-order valence-electron chi connectivity index (χ1n) is 12.9.